The van der Waals surface area contributed by atoms with Gasteiger partial charge in [0.15, 0.2) is 0 Å². The maximum absolute atomic E-state index is 10.9. The summed E-state index contributed by atoms with van der Waals surface area (Å²) < 4.78 is 9.62. The van der Waals surface area contributed by atoms with E-state index in [2.05, 4.69) is 5.32 Å². The van der Waals surface area contributed by atoms with E-state index in [1.54, 1.807) is 0 Å². The molecule has 0 aromatic heterocycles. The lowest BCUT2D eigenvalue weighted by atomic mass is 10.2. The van der Waals surface area contributed by atoms with E-state index in [-0.39, 0.29) is 19.1 Å². The highest BCUT2D eigenvalue weighted by atomic mass is 16.6. The zero-order valence-electron chi connectivity index (χ0n) is 8.83. The summed E-state index contributed by atoms with van der Waals surface area (Å²) in [7, 11) is 1.50. The summed E-state index contributed by atoms with van der Waals surface area (Å²) in [5.41, 5.74) is 0. The Kier molecular flexibility index (Phi) is 6.74. The fourth-order valence-electron chi connectivity index (χ4n) is 0.601. The van der Waals surface area contributed by atoms with E-state index in [4.69, 9.17) is 9.47 Å². The highest BCUT2D eigenvalue weighted by molar-refractivity contribution is 5.77. The minimum absolute atomic E-state index is 0.118. The molecule has 0 fully saturated rings. The molecule has 0 spiro atoms. The second-order valence-electron chi connectivity index (χ2n) is 3.24. The number of rotatable bonds is 6. The number of carbonyl (C=O) groups is 2. The fraction of sp³-hybridized carbons (Fsp3) is 0.778. The summed E-state index contributed by atoms with van der Waals surface area (Å²) >= 11 is 0. The fourth-order valence-corrected chi connectivity index (χ4v) is 0.601. The van der Waals surface area contributed by atoms with E-state index in [0.717, 1.165) is 0 Å². The van der Waals surface area contributed by atoms with Crippen LogP contribution < -0.4 is 5.32 Å². The Morgan fingerprint density at radius 2 is 1.93 bits per heavy atom. The Morgan fingerprint density at radius 3 is 2.43 bits per heavy atom. The van der Waals surface area contributed by atoms with Gasteiger partial charge in [-0.15, -0.1) is 0 Å². The monoisotopic (exact) mass is 203 g/mol. The number of carbonyl (C=O) groups excluding carboxylic acids is 2. The molecule has 0 heterocycles. The molecular formula is C9H17NO4. The number of nitrogens with one attached hydrogen (secondary N) is 1. The van der Waals surface area contributed by atoms with E-state index < -0.39 is 5.97 Å². The van der Waals surface area contributed by atoms with Gasteiger partial charge in [0.05, 0.1) is 6.61 Å². The van der Waals surface area contributed by atoms with Gasteiger partial charge >= 0.3 is 5.97 Å². The first-order valence-corrected chi connectivity index (χ1v) is 4.50. The maximum Gasteiger partial charge on any atom is 0.332 e. The van der Waals surface area contributed by atoms with Crippen molar-refractivity contribution in [2.45, 2.75) is 13.8 Å². The molecule has 0 saturated heterocycles. The third-order valence-electron chi connectivity index (χ3n) is 1.31. The van der Waals surface area contributed by atoms with E-state index in [1.165, 1.54) is 7.05 Å². The highest BCUT2D eigenvalue weighted by Gasteiger charge is 2.05. The molecule has 0 bridgehead atoms. The summed E-state index contributed by atoms with van der Waals surface area (Å²) in [4.78, 5) is 21.6. The van der Waals surface area contributed by atoms with Crippen molar-refractivity contribution in [3.63, 3.8) is 0 Å². The predicted octanol–water partition coefficient (Wildman–Crippen LogP) is -0.0518. The van der Waals surface area contributed by atoms with Crippen molar-refractivity contribution in [1.82, 2.24) is 5.32 Å². The standard InChI is InChI=1S/C9H17NO4/c1-7(2)4-14-9(12)6-13-5-8(11)10-3/h7H,4-6H2,1-3H3,(H,10,11). The van der Waals surface area contributed by atoms with Crippen molar-refractivity contribution < 1.29 is 19.1 Å². The van der Waals surface area contributed by atoms with E-state index in [1.807, 2.05) is 13.8 Å². The molecule has 0 atom stereocenters. The minimum atomic E-state index is -0.442. The van der Waals surface area contributed by atoms with Gasteiger partial charge in [-0.2, -0.15) is 0 Å². The second-order valence-corrected chi connectivity index (χ2v) is 3.24. The van der Waals surface area contributed by atoms with Gasteiger partial charge < -0.3 is 14.8 Å². The molecule has 0 aromatic rings. The molecule has 0 aromatic carbocycles. The number of ether oxygens (including phenoxy) is 2. The van der Waals surface area contributed by atoms with Gasteiger partial charge in [0.1, 0.15) is 13.2 Å². The highest BCUT2D eigenvalue weighted by Crippen LogP contribution is 1.92. The summed E-state index contributed by atoms with van der Waals surface area (Å²) in [5.74, 6) is -0.401. The van der Waals surface area contributed by atoms with Crippen LogP contribution in [0.3, 0.4) is 0 Å². The van der Waals surface area contributed by atoms with Crippen LogP contribution in [0.4, 0.5) is 0 Å². The normalized spacial score (nSPS) is 10.0. The van der Waals surface area contributed by atoms with Gasteiger partial charge in [-0.25, -0.2) is 4.79 Å². The molecule has 0 aliphatic rings. The molecule has 5 heteroatoms. The van der Waals surface area contributed by atoms with Crippen molar-refractivity contribution >= 4 is 11.9 Å². The Bertz CT molecular complexity index is 191. The van der Waals surface area contributed by atoms with Crippen LogP contribution in [0.2, 0.25) is 0 Å². The van der Waals surface area contributed by atoms with Gasteiger partial charge in [-0.1, -0.05) is 13.8 Å². The van der Waals surface area contributed by atoms with E-state index >= 15 is 0 Å². The third-order valence-corrected chi connectivity index (χ3v) is 1.31. The molecule has 1 amide bonds. The van der Waals surface area contributed by atoms with Crippen LogP contribution in [0, 0.1) is 5.92 Å². The third kappa shape index (κ3) is 7.54. The SMILES string of the molecule is CNC(=O)COCC(=O)OCC(C)C. The Balaban J connectivity index is 3.40. The Labute approximate surface area is 83.8 Å². The van der Waals surface area contributed by atoms with Crippen LogP contribution in [0.1, 0.15) is 13.8 Å². The van der Waals surface area contributed by atoms with E-state index in [0.29, 0.717) is 12.5 Å². The average Bonchev–Trinajstić information content (AvgIpc) is 2.14. The first-order chi connectivity index (χ1) is 6.56. The first-order valence-electron chi connectivity index (χ1n) is 4.50. The molecule has 5 nitrogen and oxygen atoms in total. The Hall–Kier alpha value is -1.10. The lowest BCUT2D eigenvalue weighted by Gasteiger charge is -2.07. The van der Waals surface area contributed by atoms with Crippen molar-refractivity contribution in [1.29, 1.82) is 0 Å². The van der Waals surface area contributed by atoms with Crippen LogP contribution in [0.15, 0.2) is 0 Å². The topological polar surface area (TPSA) is 64.6 Å². The maximum atomic E-state index is 10.9. The number of hydrogen-bond donors (Lipinski definition) is 1. The minimum Gasteiger partial charge on any atom is -0.464 e. The quantitative estimate of drug-likeness (QED) is 0.615. The van der Waals surface area contributed by atoms with Gasteiger partial charge in [0.25, 0.3) is 0 Å². The average molecular weight is 203 g/mol. The summed E-state index contributed by atoms with van der Waals surface area (Å²) in [5, 5.41) is 2.37. The number of hydrogen-bond acceptors (Lipinski definition) is 4. The van der Waals surface area contributed by atoms with Crippen molar-refractivity contribution in [3.8, 4) is 0 Å². The lowest BCUT2D eigenvalue weighted by molar-refractivity contribution is -0.150. The summed E-state index contributed by atoms with van der Waals surface area (Å²) in [6.07, 6.45) is 0. The molecule has 0 rings (SSSR count). The lowest BCUT2D eigenvalue weighted by Crippen LogP contribution is -2.25. The van der Waals surface area contributed by atoms with Crippen molar-refractivity contribution in [3.05, 3.63) is 0 Å². The van der Waals surface area contributed by atoms with E-state index in [9.17, 15) is 9.59 Å². The van der Waals surface area contributed by atoms with Crippen LogP contribution in [-0.2, 0) is 19.1 Å². The zero-order chi connectivity index (χ0) is 11.0. The molecule has 0 saturated carbocycles. The van der Waals surface area contributed by atoms with Crippen LogP contribution in [0.5, 0.6) is 0 Å². The molecule has 82 valence electrons. The Morgan fingerprint density at radius 1 is 1.29 bits per heavy atom. The largest absolute Gasteiger partial charge is 0.464 e. The molecule has 0 unspecified atom stereocenters. The predicted molar refractivity (Wildman–Crippen MR) is 50.7 cm³/mol. The molecule has 14 heavy (non-hydrogen) atoms. The first kappa shape index (κ1) is 12.9. The number of amides is 1. The second kappa shape index (κ2) is 7.32. The smallest absolute Gasteiger partial charge is 0.332 e. The zero-order valence-corrected chi connectivity index (χ0v) is 8.83. The van der Waals surface area contributed by atoms with Crippen LogP contribution in [-0.4, -0.2) is 38.7 Å². The van der Waals surface area contributed by atoms with Crippen LogP contribution >= 0.6 is 0 Å². The van der Waals surface area contributed by atoms with Gasteiger partial charge in [-0.3, -0.25) is 4.79 Å². The molecule has 0 radical (unpaired) electrons. The summed E-state index contributed by atoms with van der Waals surface area (Å²) in [6, 6.07) is 0. The van der Waals surface area contributed by atoms with Crippen molar-refractivity contribution in [2.24, 2.45) is 5.92 Å². The molecule has 0 aliphatic carbocycles. The number of esters is 1. The van der Waals surface area contributed by atoms with Gasteiger partial charge in [0.2, 0.25) is 5.91 Å². The molecular weight excluding hydrogens is 186 g/mol. The van der Waals surface area contributed by atoms with Gasteiger partial charge in [0, 0.05) is 7.05 Å². The summed E-state index contributed by atoms with van der Waals surface area (Å²) in [6.45, 7) is 3.97. The molecule has 1 N–H and O–H groups in total. The van der Waals surface area contributed by atoms with Gasteiger partial charge in [-0.05, 0) is 5.92 Å². The number of likely N-dealkylation sites (N-methyl/N-ethyl adjacent to an activating group) is 1. The molecule has 0 aliphatic heterocycles. The van der Waals surface area contributed by atoms with Crippen molar-refractivity contribution in [2.75, 3.05) is 26.9 Å². The van der Waals surface area contributed by atoms with Crippen LogP contribution in [0.25, 0.3) is 0 Å².